The van der Waals surface area contributed by atoms with Crippen molar-refractivity contribution in [1.82, 2.24) is 0 Å². The van der Waals surface area contributed by atoms with E-state index in [0.717, 1.165) is 5.56 Å². The minimum Gasteiger partial charge on any atom is -0.297 e. The van der Waals surface area contributed by atoms with Gasteiger partial charge in [-0.3, -0.25) is 4.79 Å². The van der Waals surface area contributed by atoms with Crippen molar-refractivity contribution < 1.29 is 4.79 Å². The Bertz CT molecular complexity index is 293. The molecule has 1 nitrogen and oxygen atoms in total. The topological polar surface area (TPSA) is 17.1 Å². The van der Waals surface area contributed by atoms with Crippen LogP contribution >= 0.6 is 31.9 Å². The zero-order valence-electron chi connectivity index (χ0n) is 7.26. The van der Waals surface area contributed by atoms with Crippen LogP contribution in [0.15, 0.2) is 30.3 Å². The van der Waals surface area contributed by atoms with E-state index < -0.39 is 3.23 Å². The number of rotatable bonds is 3. The molecule has 0 bridgehead atoms. The highest BCUT2D eigenvalue weighted by molar-refractivity contribution is 9.25. The summed E-state index contributed by atoms with van der Waals surface area (Å²) < 4.78 is -0.610. The Labute approximate surface area is 94.8 Å². The standard InChI is InChI=1S/C10H10Br2O/c1-8(13)10(11,12)7-9-5-3-2-4-6-9/h2-6H,7H2,1H3. The summed E-state index contributed by atoms with van der Waals surface area (Å²) in [5, 5.41) is 0. The number of ketones is 1. The Morgan fingerprint density at radius 3 is 2.31 bits per heavy atom. The first kappa shape index (κ1) is 10.9. The molecule has 13 heavy (non-hydrogen) atoms. The van der Waals surface area contributed by atoms with Crippen molar-refractivity contribution in [2.24, 2.45) is 0 Å². The van der Waals surface area contributed by atoms with Gasteiger partial charge in [0.2, 0.25) is 0 Å². The molecule has 0 aliphatic carbocycles. The van der Waals surface area contributed by atoms with Gasteiger partial charge in [-0.05, 0) is 12.5 Å². The summed E-state index contributed by atoms with van der Waals surface area (Å²) in [5.74, 6) is 0.0800. The average molecular weight is 306 g/mol. The van der Waals surface area contributed by atoms with Crippen molar-refractivity contribution in [3.8, 4) is 0 Å². The quantitative estimate of drug-likeness (QED) is 0.783. The molecule has 0 saturated carbocycles. The summed E-state index contributed by atoms with van der Waals surface area (Å²) in [4.78, 5) is 11.2. The predicted molar refractivity (Wildman–Crippen MR) is 61.4 cm³/mol. The molecule has 0 aromatic heterocycles. The van der Waals surface area contributed by atoms with Gasteiger partial charge in [0, 0.05) is 6.42 Å². The zero-order chi connectivity index (χ0) is 9.90. The minimum atomic E-state index is -0.610. The largest absolute Gasteiger partial charge is 0.297 e. The van der Waals surface area contributed by atoms with Gasteiger partial charge in [-0.15, -0.1) is 0 Å². The van der Waals surface area contributed by atoms with Crippen molar-refractivity contribution in [3.63, 3.8) is 0 Å². The molecule has 0 atom stereocenters. The second-order valence-electron chi connectivity index (χ2n) is 2.92. The molecule has 0 aliphatic rings. The number of carbonyl (C=O) groups is 1. The summed E-state index contributed by atoms with van der Waals surface area (Å²) in [5.41, 5.74) is 1.13. The van der Waals surface area contributed by atoms with Crippen LogP contribution in [0.1, 0.15) is 12.5 Å². The Morgan fingerprint density at radius 2 is 1.85 bits per heavy atom. The third-order valence-electron chi connectivity index (χ3n) is 1.78. The maximum Gasteiger partial charge on any atom is 0.157 e. The summed E-state index contributed by atoms with van der Waals surface area (Å²) in [7, 11) is 0. The Hall–Kier alpha value is -0.150. The van der Waals surface area contributed by atoms with Crippen LogP contribution in [-0.2, 0) is 11.2 Å². The van der Waals surface area contributed by atoms with Gasteiger partial charge < -0.3 is 0 Å². The van der Waals surface area contributed by atoms with Gasteiger partial charge in [-0.25, -0.2) is 0 Å². The lowest BCUT2D eigenvalue weighted by Crippen LogP contribution is -2.24. The number of halogens is 2. The third-order valence-corrected chi connectivity index (χ3v) is 3.46. The highest BCUT2D eigenvalue weighted by atomic mass is 79.9. The summed E-state index contributed by atoms with van der Waals surface area (Å²) >= 11 is 6.70. The second kappa shape index (κ2) is 4.38. The first-order valence-electron chi connectivity index (χ1n) is 3.95. The normalized spacial score (nSPS) is 11.3. The van der Waals surface area contributed by atoms with Gasteiger partial charge in [0.25, 0.3) is 0 Å². The van der Waals surface area contributed by atoms with Gasteiger partial charge in [-0.1, -0.05) is 62.2 Å². The zero-order valence-corrected chi connectivity index (χ0v) is 10.4. The lowest BCUT2D eigenvalue weighted by atomic mass is 10.1. The van der Waals surface area contributed by atoms with E-state index in [2.05, 4.69) is 31.9 Å². The van der Waals surface area contributed by atoms with E-state index in [1.807, 2.05) is 30.3 Å². The fourth-order valence-electron chi connectivity index (χ4n) is 0.977. The summed E-state index contributed by atoms with van der Waals surface area (Å²) in [6, 6.07) is 9.89. The molecular weight excluding hydrogens is 296 g/mol. The molecule has 0 radical (unpaired) electrons. The lowest BCUT2D eigenvalue weighted by molar-refractivity contribution is -0.116. The molecule has 0 saturated heterocycles. The highest BCUT2D eigenvalue weighted by Crippen LogP contribution is 2.31. The van der Waals surface area contributed by atoms with Gasteiger partial charge in [0.05, 0.1) is 0 Å². The Morgan fingerprint density at radius 1 is 1.31 bits per heavy atom. The van der Waals surface area contributed by atoms with Crippen molar-refractivity contribution >= 4 is 37.6 Å². The summed E-state index contributed by atoms with van der Waals surface area (Å²) in [6.45, 7) is 1.56. The molecule has 3 heteroatoms. The van der Waals surface area contributed by atoms with E-state index in [1.54, 1.807) is 6.92 Å². The maximum atomic E-state index is 11.2. The molecule has 0 aliphatic heterocycles. The SMILES string of the molecule is CC(=O)C(Br)(Br)Cc1ccccc1. The molecule has 70 valence electrons. The number of Topliss-reactive ketones (excluding diaryl/α,β-unsaturated/α-hetero) is 1. The predicted octanol–water partition coefficient (Wildman–Crippen LogP) is 3.30. The third kappa shape index (κ3) is 3.24. The molecular formula is C10H10Br2O. The van der Waals surface area contributed by atoms with Crippen molar-refractivity contribution in [2.75, 3.05) is 0 Å². The van der Waals surface area contributed by atoms with Crippen LogP contribution in [0.2, 0.25) is 0 Å². The van der Waals surface area contributed by atoms with Crippen LogP contribution in [-0.4, -0.2) is 9.02 Å². The number of hydrogen-bond acceptors (Lipinski definition) is 1. The van der Waals surface area contributed by atoms with Crippen molar-refractivity contribution in [3.05, 3.63) is 35.9 Å². The van der Waals surface area contributed by atoms with Gasteiger partial charge in [0.1, 0.15) is 3.23 Å². The molecule has 0 amide bonds. The Kier molecular flexibility index (Phi) is 3.68. The van der Waals surface area contributed by atoms with Crippen LogP contribution in [0.5, 0.6) is 0 Å². The number of carbonyl (C=O) groups excluding carboxylic acids is 1. The first-order chi connectivity index (χ1) is 6.02. The number of hydrogen-bond donors (Lipinski definition) is 0. The lowest BCUT2D eigenvalue weighted by Gasteiger charge is -2.16. The first-order valence-corrected chi connectivity index (χ1v) is 5.54. The minimum absolute atomic E-state index is 0.0800. The Balaban J connectivity index is 2.75. The molecule has 0 unspecified atom stereocenters. The fraction of sp³-hybridized carbons (Fsp3) is 0.300. The monoisotopic (exact) mass is 304 g/mol. The summed E-state index contributed by atoms with van der Waals surface area (Å²) in [6.07, 6.45) is 0.656. The number of alkyl halides is 2. The molecule has 0 spiro atoms. The van der Waals surface area contributed by atoms with Crippen LogP contribution in [0, 0.1) is 0 Å². The van der Waals surface area contributed by atoms with Gasteiger partial charge >= 0.3 is 0 Å². The van der Waals surface area contributed by atoms with E-state index in [1.165, 1.54) is 0 Å². The highest BCUT2D eigenvalue weighted by Gasteiger charge is 2.28. The second-order valence-corrected chi connectivity index (χ2v) is 6.69. The number of benzene rings is 1. The molecule has 0 N–H and O–H groups in total. The van der Waals surface area contributed by atoms with E-state index in [0.29, 0.717) is 6.42 Å². The molecule has 0 fully saturated rings. The fourth-order valence-corrected chi connectivity index (χ4v) is 1.62. The maximum absolute atomic E-state index is 11.2. The van der Waals surface area contributed by atoms with Crippen LogP contribution < -0.4 is 0 Å². The van der Waals surface area contributed by atoms with E-state index in [-0.39, 0.29) is 5.78 Å². The van der Waals surface area contributed by atoms with E-state index >= 15 is 0 Å². The smallest absolute Gasteiger partial charge is 0.157 e. The van der Waals surface area contributed by atoms with E-state index in [9.17, 15) is 4.79 Å². The molecule has 0 heterocycles. The van der Waals surface area contributed by atoms with Crippen LogP contribution in [0.3, 0.4) is 0 Å². The average Bonchev–Trinajstić information content (AvgIpc) is 2.05. The van der Waals surface area contributed by atoms with E-state index in [4.69, 9.17) is 0 Å². The van der Waals surface area contributed by atoms with Crippen molar-refractivity contribution in [1.29, 1.82) is 0 Å². The van der Waals surface area contributed by atoms with Crippen molar-refractivity contribution in [2.45, 2.75) is 16.6 Å². The van der Waals surface area contributed by atoms with Crippen LogP contribution in [0.4, 0.5) is 0 Å². The van der Waals surface area contributed by atoms with Crippen LogP contribution in [0.25, 0.3) is 0 Å². The van der Waals surface area contributed by atoms with Gasteiger partial charge in [-0.2, -0.15) is 0 Å². The molecule has 1 aromatic rings. The molecule has 1 aromatic carbocycles. The molecule has 1 rings (SSSR count). The van der Waals surface area contributed by atoms with Gasteiger partial charge in [0.15, 0.2) is 5.78 Å².